The van der Waals surface area contributed by atoms with Crippen LogP contribution in [0.3, 0.4) is 0 Å². The van der Waals surface area contributed by atoms with Crippen molar-refractivity contribution in [2.24, 2.45) is 5.73 Å². The maximum atomic E-state index is 11.5. The van der Waals surface area contributed by atoms with Crippen LogP contribution in [0, 0.1) is 6.92 Å². The first-order valence-corrected chi connectivity index (χ1v) is 5.08. The molecule has 0 aromatic carbocycles. The SMILES string of the molecule is Cc1[nH]ncc1C(=O)NCCCC(N)=S. The molecule has 1 rings (SSSR count). The van der Waals surface area contributed by atoms with Crippen LogP contribution in [-0.2, 0) is 0 Å². The molecule has 0 fully saturated rings. The molecule has 0 saturated heterocycles. The zero-order valence-corrected chi connectivity index (χ0v) is 9.36. The van der Waals surface area contributed by atoms with Gasteiger partial charge >= 0.3 is 0 Å². The van der Waals surface area contributed by atoms with Crippen LogP contribution in [0.25, 0.3) is 0 Å². The van der Waals surface area contributed by atoms with Crippen LogP contribution in [0.2, 0.25) is 0 Å². The molecule has 1 aromatic rings. The molecule has 0 aliphatic carbocycles. The van der Waals surface area contributed by atoms with Crippen molar-refractivity contribution in [2.75, 3.05) is 6.54 Å². The minimum atomic E-state index is -0.121. The highest BCUT2D eigenvalue weighted by Crippen LogP contribution is 2.01. The Morgan fingerprint density at radius 2 is 2.47 bits per heavy atom. The first-order chi connectivity index (χ1) is 7.11. The van der Waals surface area contributed by atoms with Crippen LogP contribution < -0.4 is 11.1 Å². The monoisotopic (exact) mass is 226 g/mol. The molecule has 15 heavy (non-hydrogen) atoms. The number of carbonyl (C=O) groups excluding carboxylic acids is 1. The van der Waals surface area contributed by atoms with Gasteiger partial charge in [0.1, 0.15) is 0 Å². The van der Waals surface area contributed by atoms with Crippen molar-refractivity contribution in [2.45, 2.75) is 19.8 Å². The fourth-order valence-electron chi connectivity index (χ4n) is 1.14. The first-order valence-electron chi connectivity index (χ1n) is 4.67. The zero-order chi connectivity index (χ0) is 11.3. The summed E-state index contributed by atoms with van der Waals surface area (Å²) in [5, 5.41) is 9.25. The Kier molecular flexibility index (Phi) is 4.23. The number of nitrogens with one attached hydrogen (secondary N) is 2. The van der Waals surface area contributed by atoms with E-state index in [9.17, 15) is 4.79 Å². The number of thiocarbonyl (C=S) groups is 1. The minimum absolute atomic E-state index is 0.121. The third kappa shape index (κ3) is 3.67. The molecule has 0 aliphatic heterocycles. The van der Waals surface area contributed by atoms with Crippen molar-refractivity contribution in [3.8, 4) is 0 Å². The second-order valence-electron chi connectivity index (χ2n) is 3.23. The van der Waals surface area contributed by atoms with E-state index in [0.29, 0.717) is 23.5 Å². The molecular weight excluding hydrogens is 212 g/mol. The number of nitrogens with zero attached hydrogens (tertiary/aromatic N) is 1. The van der Waals surface area contributed by atoms with E-state index in [0.717, 1.165) is 12.1 Å². The Labute approximate surface area is 93.4 Å². The molecule has 0 saturated carbocycles. The maximum Gasteiger partial charge on any atom is 0.254 e. The number of aryl methyl sites for hydroxylation is 1. The average Bonchev–Trinajstić information content (AvgIpc) is 2.58. The van der Waals surface area contributed by atoms with Gasteiger partial charge in [0.25, 0.3) is 5.91 Å². The van der Waals surface area contributed by atoms with Gasteiger partial charge in [-0.25, -0.2) is 0 Å². The normalized spacial score (nSPS) is 9.93. The predicted octanol–water partition coefficient (Wildman–Crippen LogP) is 0.514. The lowest BCUT2D eigenvalue weighted by molar-refractivity contribution is 0.0953. The molecule has 0 bridgehead atoms. The van der Waals surface area contributed by atoms with Gasteiger partial charge < -0.3 is 11.1 Å². The molecule has 4 N–H and O–H groups in total. The predicted molar refractivity (Wildman–Crippen MR) is 61.7 cm³/mol. The van der Waals surface area contributed by atoms with Crippen LogP contribution in [0.5, 0.6) is 0 Å². The van der Waals surface area contributed by atoms with E-state index >= 15 is 0 Å². The molecular formula is C9H14N4OS. The van der Waals surface area contributed by atoms with Gasteiger partial charge in [0.15, 0.2) is 0 Å². The summed E-state index contributed by atoms with van der Waals surface area (Å²) in [5.41, 5.74) is 6.67. The standard InChI is InChI=1S/C9H14N4OS/c1-6-7(5-12-13-6)9(14)11-4-2-3-8(10)15/h5H,2-4H2,1H3,(H2,10,15)(H,11,14)(H,12,13). The summed E-state index contributed by atoms with van der Waals surface area (Å²) in [7, 11) is 0. The number of nitrogens with two attached hydrogens (primary N) is 1. The van der Waals surface area contributed by atoms with Gasteiger partial charge in [-0.05, 0) is 19.8 Å². The van der Waals surface area contributed by atoms with E-state index in [4.69, 9.17) is 18.0 Å². The second kappa shape index (κ2) is 5.45. The summed E-state index contributed by atoms with van der Waals surface area (Å²) >= 11 is 4.73. The molecule has 82 valence electrons. The molecule has 0 radical (unpaired) electrons. The summed E-state index contributed by atoms with van der Waals surface area (Å²) in [6.07, 6.45) is 2.93. The quantitative estimate of drug-likeness (QED) is 0.504. The third-order valence-electron chi connectivity index (χ3n) is 1.96. The van der Waals surface area contributed by atoms with Crippen LogP contribution in [0.1, 0.15) is 28.9 Å². The summed E-state index contributed by atoms with van der Waals surface area (Å²) in [6, 6.07) is 0. The number of aromatic amines is 1. The molecule has 0 aliphatic rings. The Morgan fingerprint density at radius 1 is 1.73 bits per heavy atom. The summed E-state index contributed by atoms with van der Waals surface area (Å²) in [5.74, 6) is -0.121. The fourth-order valence-corrected chi connectivity index (χ4v) is 1.28. The summed E-state index contributed by atoms with van der Waals surface area (Å²) < 4.78 is 0. The van der Waals surface area contributed by atoms with Gasteiger partial charge in [0.05, 0.1) is 16.7 Å². The number of H-pyrrole nitrogens is 1. The molecule has 6 heteroatoms. The Balaban J connectivity index is 2.31. The fraction of sp³-hybridized carbons (Fsp3) is 0.444. The molecule has 1 heterocycles. The lowest BCUT2D eigenvalue weighted by Gasteiger charge is -2.03. The van der Waals surface area contributed by atoms with Crippen LogP contribution in [0.4, 0.5) is 0 Å². The van der Waals surface area contributed by atoms with Gasteiger partial charge in [-0.1, -0.05) is 12.2 Å². The first kappa shape index (κ1) is 11.6. The van der Waals surface area contributed by atoms with Gasteiger partial charge in [-0.3, -0.25) is 9.89 Å². The molecule has 0 unspecified atom stereocenters. The number of carbonyl (C=O) groups is 1. The van der Waals surface area contributed by atoms with E-state index in [1.807, 2.05) is 0 Å². The third-order valence-corrected chi connectivity index (χ3v) is 2.16. The highest BCUT2D eigenvalue weighted by atomic mass is 32.1. The Morgan fingerprint density at radius 3 is 3.00 bits per heavy atom. The lowest BCUT2D eigenvalue weighted by Crippen LogP contribution is -2.25. The van der Waals surface area contributed by atoms with Crippen molar-refractivity contribution < 1.29 is 4.79 Å². The highest BCUT2D eigenvalue weighted by molar-refractivity contribution is 7.80. The van der Waals surface area contributed by atoms with Gasteiger partial charge in [-0.2, -0.15) is 5.10 Å². The summed E-state index contributed by atoms with van der Waals surface area (Å²) in [6.45, 7) is 2.37. The van der Waals surface area contributed by atoms with Crippen LogP contribution in [0.15, 0.2) is 6.20 Å². The molecule has 0 atom stereocenters. The minimum Gasteiger partial charge on any atom is -0.393 e. The van der Waals surface area contributed by atoms with Crippen LogP contribution >= 0.6 is 12.2 Å². The van der Waals surface area contributed by atoms with Crippen molar-refractivity contribution in [1.29, 1.82) is 0 Å². The van der Waals surface area contributed by atoms with E-state index < -0.39 is 0 Å². The van der Waals surface area contributed by atoms with Gasteiger partial charge in [-0.15, -0.1) is 0 Å². The molecule has 1 aromatic heterocycles. The van der Waals surface area contributed by atoms with E-state index in [2.05, 4.69) is 15.5 Å². The van der Waals surface area contributed by atoms with Crippen molar-refractivity contribution >= 4 is 23.1 Å². The smallest absolute Gasteiger partial charge is 0.254 e. The van der Waals surface area contributed by atoms with Crippen molar-refractivity contribution in [3.05, 3.63) is 17.5 Å². The second-order valence-corrected chi connectivity index (χ2v) is 3.76. The molecule has 0 spiro atoms. The van der Waals surface area contributed by atoms with Crippen LogP contribution in [-0.4, -0.2) is 27.6 Å². The molecule has 5 nitrogen and oxygen atoms in total. The zero-order valence-electron chi connectivity index (χ0n) is 8.54. The van der Waals surface area contributed by atoms with E-state index in [-0.39, 0.29) is 5.91 Å². The Bertz CT molecular complexity index is 361. The lowest BCUT2D eigenvalue weighted by atomic mass is 10.2. The maximum absolute atomic E-state index is 11.5. The number of hydrogen-bond acceptors (Lipinski definition) is 3. The van der Waals surface area contributed by atoms with Crippen molar-refractivity contribution in [3.63, 3.8) is 0 Å². The largest absolute Gasteiger partial charge is 0.393 e. The van der Waals surface area contributed by atoms with Gasteiger partial charge in [0, 0.05) is 12.2 Å². The number of aromatic nitrogens is 2. The molecule has 1 amide bonds. The summed E-state index contributed by atoms with van der Waals surface area (Å²) in [4.78, 5) is 12.0. The van der Waals surface area contributed by atoms with E-state index in [1.165, 1.54) is 6.20 Å². The average molecular weight is 226 g/mol. The van der Waals surface area contributed by atoms with E-state index in [1.54, 1.807) is 6.92 Å². The Hall–Kier alpha value is -1.43. The number of rotatable bonds is 5. The van der Waals surface area contributed by atoms with Crippen molar-refractivity contribution in [1.82, 2.24) is 15.5 Å². The highest BCUT2D eigenvalue weighted by Gasteiger charge is 2.09. The number of amides is 1. The topological polar surface area (TPSA) is 83.8 Å². The number of hydrogen-bond donors (Lipinski definition) is 3. The van der Waals surface area contributed by atoms with Gasteiger partial charge in [0.2, 0.25) is 0 Å².